The fraction of sp³-hybridized carbons (Fsp3) is 0.320. The average molecular weight is 453 g/mol. The lowest BCUT2D eigenvalue weighted by Crippen LogP contribution is -2.38. The van der Waals surface area contributed by atoms with Gasteiger partial charge in [0.1, 0.15) is 4.88 Å². The van der Waals surface area contributed by atoms with Crippen LogP contribution in [0, 0.1) is 5.92 Å². The monoisotopic (exact) mass is 452 g/mol. The molecule has 6 nitrogen and oxygen atoms in total. The first kappa shape index (κ1) is 23.5. The van der Waals surface area contributed by atoms with E-state index >= 15 is 0 Å². The number of ether oxygens (including phenoxy) is 2. The summed E-state index contributed by atoms with van der Waals surface area (Å²) in [5.41, 5.74) is 3.36. The Kier molecular flexibility index (Phi) is 8.39. The Balaban J connectivity index is 1.73. The molecule has 0 radical (unpaired) electrons. The fourth-order valence-corrected chi connectivity index (χ4v) is 4.10. The van der Waals surface area contributed by atoms with Gasteiger partial charge in [0.2, 0.25) is 0 Å². The fourth-order valence-electron chi connectivity index (χ4n) is 3.46. The predicted octanol–water partition coefficient (Wildman–Crippen LogP) is 4.75. The summed E-state index contributed by atoms with van der Waals surface area (Å²) in [5, 5.41) is 3.49. The van der Waals surface area contributed by atoms with Crippen LogP contribution in [0.15, 0.2) is 60.8 Å². The molecule has 0 saturated carbocycles. The van der Waals surface area contributed by atoms with Crippen LogP contribution in [0.2, 0.25) is 0 Å². The SMILES string of the molecule is CCOC(=O)C(C)CC(Cc1ccc(-c2ccccc2)cc1)NC(=O)c1cnc(OC)s1. The third-order valence-electron chi connectivity index (χ3n) is 5.09. The molecule has 1 amide bonds. The van der Waals surface area contributed by atoms with Gasteiger partial charge in [-0.3, -0.25) is 9.59 Å². The molecule has 3 aromatic rings. The maximum Gasteiger partial charge on any atom is 0.308 e. The Morgan fingerprint density at radius 2 is 1.75 bits per heavy atom. The van der Waals surface area contributed by atoms with Crippen LogP contribution in [0.1, 0.15) is 35.5 Å². The maximum atomic E-state index is 12.8. The molecule has 0 aliphatic carbocycles. The topological polar surface area (TPSA) is 77.5 Å². The molecule has 1 aromatic heterocycles. The molecule has 7 heteroatoms. The molecule has 168 valence electrons. The van der Waals surface area contributed by atoms with Crippen molar-refractivity contribution in [2.45, 2.75) is 32.7 Å². The van der Waals surface area contributed by atoms with E-state index in [1.807, 2.05) is 25.1 Å². The number of amides is 1. The molecule has 0 bridgehead atoms. The summed E-state index contributed by atoms with van der Waals surface area (Å²) in [6, 6.07) is 18.2. The first-order chi connectivity index (χ1) is 15.5. The summed E-state index contributed by atoms with van der Waals surface area (Å²) < 4.78 is 10.2. The van der Waals surface area contributed by atoms with Gasteiger partial charge in [0, 0.05) is 6.04 Å². The Morgan fingerprint density at radius 3 is 2.38 bits per heavy atom. The minimum absolute atomic E-state index is 0.229. The van der Waals surface area contributed by atoms with Crippen molar-refractivity contribution in [3.63, 3.8) is 0 Å². The van der Waals surface area contributed by atoms with Gasteiger partial charge < -0.3 is 14.8 Å². The standard InChI is InChI=1S/C25H28N2O4S/c1-4-31-24(29)17(2)14-21(27-23(28)22-16-26-25(30-3)32-22)15-18-10-12-20(13-11-18)19-8-6-5-7-9-19/h5-13,16-17,21H,4,14-15H2,1-3H3,(H,27,28). The number of aromatic nitrogens is 1. The summed E-state index contributed by atoms with van der Waals surface area (Å²) >= 11 is 1.19. The first-order valence-corrected chi connectivity index (χ1v) is 11.4. The van der Waals surface area contributed by atoms with Crippen molar-refractivity contribution in [2.75, 3.05) is 13.7 Å². The Labute approximate surface area is 192 Å². The van der Waals surface area contributed by atoms with E-state index in [0.29, 0.717) is 29.5 Å². The third kappa shape index (κ3) is 6.40. The van der Waals surface area contributed by atoms with Crippen LogP contribution in [-0.2, 0) is 16.0 Å². The molecule has 3 rings (SSSR count). The lowest BCUT2D eigenvalue weighted by Gasteiger charge is -2.21. The van der Waals surface area contributed by atoms with Gasteiger partial charge in [-0.15, -0.1) is 0 Å². The zero-order chi connectivity index (χ0) is 22.9. The normalized spacial score (nSPS) is 12.6. The number of nitrogens with one attached hydrogen (secondary N) is 1. The van der Waals surface area contributed by atoms with Gasteiger partial charge in [-0.25, -0.2) is 4.98 Å². The van der Waals surface area contributed by atoms with E-state index in [0.717, 1.165) is 16.7 Å². The van der Waals surface area contributed by atoms with E-state index in [2.05, 4.69) is 46.7 Å². The number of esters is 1. The van der Waals surface area contributed by atoms with Gasteiger partial charge in [-0.05, 0) is 36.5 Å². The second-order valence-electron chi connectivity index (χ2n) is 7.52. The second-order valence-corrected chi connectivity index (χ2v) is 8.51. The number of methoxy groups -OCH3 is 1. The van der Waals surface area contributed by atoms with Crippen LogP contribution in [-0.4, -0.2) is 36.6 Å². The van der Waals surface area contributed by atoms with E-state index < -0.39 is 0 Å². The summed E-state index contributed by atoms with van der Waals surface area (Å²) in [6.07, 6.45) is 2.57. The molecule has 1 heterocycles. The number of rotatable bonds is 10. The van der Waals surface area contributed by atoms with Gasteiger partial charge in [0.05, 0.1) is 25.8 Å². The van der Waals surface area contributed by atoms with Crippen LogP contribution >= 0.6 is 11.3 Å². The molecule has 2 aromatic carbocycles. The zero-order valence-corrected chi connectivity index (χ0v) is 19.4. The molecular weight excluding hydrogens is 424 g/mol. The second kappa shape index (κ2) is 11.4. The Hall–Kier alpha value is -3.19. The number of nitrogens with zero attached hydrogens (tertiary/aromatic N) is 1. The molecule has 0 aliphatic rings. The molecule has 0 fully saturated rings. The van der Waals surface area contributed by atoms with Crippen molar-refractivity contribution in [1.82, 2.24) is 10.3 Å². The van der Waals surface area contributed by atoms with Crippen molar-refractivity contribution >= 4 is 23.2 Å². The summed E-state index contributed by atoms with van der Waals surface area (Å²) in [5.74, 6) is -0.821. The molecule has 0 spiro atoms. The highest BCUT2D eigenvalue weighted by Gasteiger charge is 2.23. The van der Waals surface area contributed by atoms with E-state index in [1.165, 1.54) is 24.6 Å². The number of hydrogen-bond donors (Lipinski definition) is 1. The van der Waals surface area contributed by atoms with Crippen molar-refractivity contribution in [3.8, 4) is 16.3 Å². The lowest BCUT2D eigenvalue weighted by molar-refractivity contribution is -0.147. The number of carbonyl (C=O) groups excluding carboxylic acids is 2. The highest BCUT2D eigenvalue weighted by molar-refractivity contribution is 7.15. The van der Waals surface area contributed by atoms with E-state index in [-0.39, 0.29) is 23.8 Å². The smallest absolute Gasteiger partial charge is 0.308 e. The highest BCUT2D eigenvalue weighted by atomic mass is 32.1. The van der Waals surface area contributed by atoms with Crippen molar-refractivity contribution in [1.29, 1.82) is 0 Å². The number of hydrogen-bond acceptors (Lipinski definition) is 6. The number of carbonyl (C=O) groups is 2. The summed E-state index contributed by atoms with van der Waals surface area (Å²) in [6.45, 7) is 3.95. The first-order valence-electron chi connectivity index (χ1n) is 10.6. The third-order valence-corrected chi connectivity index (χ3v) is 6.05. The van der Waals surface area contributed by atoms with Crippen molar-refractivity contribution in [2.24, 2.45) is 5.92 Å². The summed E-state index contributed by atoms with van der Waals surface area (Å²) in [4.78, 5) is 29.5. The van der Waals surface area contributed by atoms with Crippen LogP contribution in [0.25, 0.3) is 11.1 Å². The van der Waals surface area contributed by atoms with Gasteiger partial charge in [0.15, 0.2) is 0 Å². The van der Waals surface area contributed by atoms with Gasteiger partial charge in [0.25, 0.3) is 11.1 Å². The molecular formula is C25H28N2O4S. The van der Waals surface area contributed by atoms with Crippen molar-refractivity contribution in [3.05, 3.63) is 71.2 Å². The van der Waals surface area contributed by atoms with Gasteiger partial charge in [-0.2, -0.15) is 0 Å². The average Bonchev–Trinajstić information content (AvgIpc) is 3.30. The molecule has 32 heavy (non-hydrogen) atoms. The maximum absolute atomic E-state index is 12.8. The van der Waals surface area contributed by atoms with E-state index in [4.69, 9.17) is 9.47 Å². The molecule has 2 unspecified atom stereocenters. The Bertz CT molecular complexity index is 1020. The van der Waals surface area contributed by atoms with E-state index in [9.17, 15) is 9.59 Å². The van der Waals surface area contributed by atoms with Crippen LogP contribution in [0.4, 0.5) is 0 Å². The lowest BCUT2D eigenvalue weighted by atomic mass is 9.95. The van der Waals surface area contributed by atoms with Crippen LogP contribution in [0.3, 0.4) is 0 Å². The van der Waals surface area contributed by atoms with Gasteiger partial charge >= 0.3 is 5.97 Å². The zero-order valence-electron chi connectivity index (χ0n) is 18.5. The predicted molar refractivity (Wildman–Crippen MR) is 126 cm³/mol. The highest BCUT2D eigenvalue weighted by Crippen LogP contribution is 2.22. The molecule has 2 atom stereocenters. The largest absolute Gasteiger partial charge is 0.473 e. The molecule has 1 N–H and O–H groups in total. The minimum atomic E-state index is -0.333. The van der Waals surface area contributed by atoms with Crippen LogP contribution < -0.4 is 10.1 Å². The van der Waals surface area contributed by atoms with Crippen molar-refractivity contribution < 1.29 is 19.1 Å². The molecule has 0 aliphatic heterocycles. The Morgan fingerprint density at radius 1 is 1.06 bits per heavy atom. The van der Waals surface area contributed by atoms with Gasteiger partial charge in [-0.1, -0.05) is 72.9 Å². The molecule has 0 saturated heterocycles. The quantitative estimate of drug-likeness (QED) is 0.449. The number of benzene rings is 2. The number of thiazole rings is 1. The van der Waals surface area contributed by atoms with E-state index in [1.54, 1.807) is 6.92 Å². The summed E-state index contributed by atoms with van der Waals surface area (Å²) in [7, 11) is 1.52. The van der Waals surface area contributed by atoms with Crippen LogP contribution in [0.5, 0.6) is 5.19 Å². The minimum Gasteiger partial charge on any atom is -0.473 e.